The lowest BCUT2D eigenvalue weighted by Gasteiger charge is -2.10. The summed E-state index contributed by atoms with van der Waals surface area (Å²) in [5.74, 6) is -0.105. The molecule has 1 aromatic heterocycles. The molecule has 1 heterocycles. The molecule has 0 unspecified atom stereocenters. The summed E-state index contributed by atoms with van der Waals surface area (Å²) in [6, 6.07) is 22.1. The predicted molar refractivity (Wildman–Crippen MR) is 114 cm³/mol. The van der Waals surface area contributed by atoms with Gasteiger partial charge in [0.1, 0.15) is 0 Å². The van der Waals surface area contributed by atoms with E-state index in [0.717, 1.165) is 26.0 Å². The van der Waals surface area contributed by atoms with Gasteiger partial charge in [-0.05, 0) is 59.8 Å². The summed E-state index contributed by atoms with van der Waals surface area (Å²) in [5, 5.41) is 6.23. The second-order valence-electron chi connectivity index (χ2n) is 6.19. The van der Waals surface area contributed by atoms with Gasteiger partial charge in [-0.2, -0.15) is 0 Å². The second-order valence-corrected chi connectivity index (χ2v) is 8.05. The number of carbonyl (C=O) groups excluding carboxylic acids is 1. The van der Waals surface area contributed by atoms with Crippen LogP contribution in [0, 0.1) is 6.92 Å². The van der Waals surface area contributed by atoms with Gasteiger partial charge in [-0.3, -0.25) is 4.79 Å². The number of nitrogens with one attached hydrogen (secondary N) is 1. The molecule has 0 aliphatic rings. The normalized spacial score (nSPS) is 10.8. The molecule has 0 saturated heterocycles. The van der Waals surface area contributed by atoms with E-state index in [2.05, 4.69) is 63.9 Å². The highest BCUT2D eigenvalue weighted by molar-refractivity contribution is 9.10. The Balaban J connectivity index is 1.76. The molecule has 0 radical (unpaired) electrons. The molecular formula is C22H16BrNOS. The number of halogens is 1. The van der Waals surface area contributed by atoms with Gasteiger partial charge in [-0.1, -0.05) is 51.8 Å². The van der Waals surface area contributed by atoms with E-state index in [0.29, 0.717) is 5.56 Å². The van der Waals surface area contributed by atoms with Crippen molar-refractivity contribution in [3.63, 3.8) is 0 Å². The van der Waals surface area contributed by atoms with Gasteiger partial charge >= 0.3 is 0 Å². The molecule has 4 heteroatoms. The third kappa shape index (κ3) is 3.43. The number of anilines is 1. The highest BCUT2D eigenvalue weighted by Gasteiger charge is 2.13. The summed E-state index contributed by atoms with van der Waals surface area (Å²) >= 11 is 5.09. The highest BCUT2D eigenvalue weighted by Crippen LogP contribution is 2.33. The first kappa shape index (κ1) is 17.0. The summed E-state index contributed by atoms with van der Waals surface area (Å²) in [7, 11) is 0. The number of rotatable bonds is 3. The standard InChI is InChI=1S/C22H16BrNOS/c1-14-5-7-15(8-6-14)20-11-16(12-21-19(20)9-10-26-21)22(25)24-18-4-2-3-17(23)13-18/h2-13H,1H3,(H,24,25). The number of amides is 1. The summed E-state index contributed by atoms with van der Waals surface area (Å²) in [6.45, 7) is 2.08. The molecule has 0 bridgehead atoms. The van der Waals surface area contributed by atoms with Crippen LogP contribution >= 0.6 is 27.3 Å². The maximum absolute atomic E-state index is 12.8. The van der Waals surface area contributed by atoms with Crippen molar-refractivity contribution in [2.75, 3.05) is 5.32 Å². The molecular weight excluding hydrogens is 406 g/mol. The predicted octanol–water partition coefficient (Wildman–Crippen LogP) is 6.89. The minimum absolute atomic E-state index is 0.105. The van der Waals surface area contributed by atoms with Gasteiger partial charge in [-0.15, -0.1) is 11.3 Å². The van der Waals surface area contributed by atoms with Crippen molar-refractivity contribution in [1.29, 1.82) is 0 Å². The number of hydrogen-bond acceptors (Lipinski definition) is 2. The Morgan fingerprint density at radius 2 is 1.81 bits per heavy atom. The quantitative estimate of drug-likeness (QED) is 0.383. The van der Waals surface area contributed by atoms with Crippen LogP contribution in [-0.2, 0) is 0 Å². The van der Waals surface area contributed by atoms with Crippen molar-refractivity contribution in [1.82, 2.24) is 0 Å². The Hall–Kier alpha value is -2.43. The molecule has 0 spiro atoms. The molecule has 128 valence electrons. The third-order valence-electron chi connectivity index (χ3n) is 4.28. The lowest BCUT2D eigenvalue weighted by Crippen LogP contribution is -2.11. The third-order valence-corrected chi connectivity index (χ3v) is 5.64. The first-order valence-electron chi connectivity index (χ1n) is 8.25. The van der Waals surface area contributed by atoms with Crippen molar-refractivity contribution in [3.05, 3.63) is 87.7 Å². The van der Waals surface area contributed by atoms with Gasteiger partial charge in [0.05, 0.1) is 0 Å². The molecule has 0 saturated carbocycles. The summed E-state index contributed by atoms with van der Waals surface area (Å²) < 4.78 is 2.05. The Kier molecular flexibility index (Phi) is 4.62. The van der Waals surface area contributed by atoms with Crippen molar-refractivity contribution >= 4 is 48.9 Å². The molecule has 3 aromatic carbocycles. The topological polar surface area (TPSA) is 29.1 Å². The fourth-order valence-corrected chi connectivity index (χ4v) is 4.19. The van der Waals surface area contributed by atoms with Gasteiger partial charge in [0, 0.05) is 25.8 Å². The maximum atomic E-state index is 12.8. The number of thiophene rings is 1. The highest BCUT2D eigenvalue weighted by atomic mass is 79.9. The van der Waals surface area contributed by atoms with Crippen molar-refractivity contribution < 1.29 is 4.79 Å². The van der Waals surface area contributed by atoms with Gasteiger partial charge in [-0.25, -0.2) is 0 Å². The molecule has 26 heavy (non-hydrogen) atoms. The number of aryl methyl sites for hydroxylation is 1. The van der Waals surface area contributed by atoms with Gasteiger partial charge in [0.2, 0.25) is 0 Å². The SMILES string of the molecule is Cc1ccc(-c2cc(C(=O)Nc3cccc(Br)c3)cc3sccc23)cc1. The fraction of sp³-hybridized carbons (Fsp3) is 0.0455. The first-order valence-corrected chi connectivity index (χ1v) is 9.93. The summed E-state index contributed by atoms with van der Waals surface area (Å²) in [4.78, 5) is 12.8. The molecule has 4 rings (SSSR count). The Morgan fingerprint density at radius 1 is 1.00 bits per heavy atom. The average Bonchev–Trinajstić information content (AvgIpc) is 3.10. The largest absolute Gasteiger partial charge is 0.322 e. The monoisotopic (exact) mass is 421 g/mol. The Labute approximate surface area is 164 Å². The molecule has 2 nitrogen and oxygen atoms in total. The van der Waals surface area contributed by atoms with Crippen LogP contribution in [0.4, 0.5) is 5.69 Å². The fourth-order valence-electron chi connectivity index (χ4n) is 2.94. The summed E-state index contributed by atoms with van der Waals surface area (Å²) in [5.41, 5.74) is 4.86. The van der Waals surface area contributed by atoms with Crippen LogP contribution in [0.1, 0.15) is 15.9 Å². The lowest BCUT2D eigenvalue weighted by atomic mass is 9.98. The minimum Gasteiger partial charge on any atom is -0.322 e. The zero-order valence-electron chi connectivity index (χ0n) is 14.1. The maximum Gasteiger partial charge on any atom is 0.255 e. The molecule has 0 atom stereocenters. The number of fused-ring (bicyclic) bond motifs is 1. The van der Waals surface area contributed by atoms with Gasteiger partial charge < -0.3 is 5.32 Å². The van der Waals surface area contributed by atoms with Crippen LogP contribution in [-0.4, -0.2) is 5.91 Å². The van der Waals surface area contributed by atoms with E-state index in [9.17, 15) is 4.79 Å². The van der Waals surface area contributed by atoms with Crippen LogP contribution in [0.25, 0.3) is 21.2 Å². The van der Waals surface area contributed by atoms with Crippen LogP contribution in [0.2, 0.25) is 0 Å². The molecule has 4 aromatic rings. The van der Waals surface area contributed by atoms with Gasteiger partial charge in [0.15, 0.2) is 0 Å². The molecule has 0 aliphatic heterocycles. The number of carbonyl (C=O) groups is 1. The zero-order chi connectivity index (χ0) is 18.1. The zero-order valence-corrected chi connectivity index (χ0v) is 16.5. The lowest BCUT2D eigenvalue weighted by molar-refractivity contribution is 0.102. The second kappa shape index (κ2) is 7.06. The molecule has 0 aliphatic carbocycles. The van der Waals surface area contributed by atoms with E-state index < -0.39 is 0 Å². The minimum atomic E-state index is -0.105. The average molecular weight is 422 g/mol. The Morgan fingerprint density at radius 3 is 2.58 bits per heavy atom. The van der Waals surface area contributed by atoms with Crippen LogP contribution in [0.5, 0.6) is 0 Å². The molecule has 1 amide bonds. The summed E-state index contributed by atoms with van der Waals surface area (Å²) in [6.07, 6.45) is 0. The molecule has 0 fully saturated rings. The van der Waals surface area contributed by atoms with Crippen LogP contribution in [0.15, 0.2) is 76.6 Å². The van der Waals surface area contributed by atoms with E-state index >= 15 is 0 Å². The van der Waals surface area contributed by atoms with E-state index in [4.69, 9.17) is 0 Å². The smallest absolute Gasteiger partial charge is 0.255 e. The van der Waals surface area contributed by atoms with Crippen molar-refractivity contribution in [3.8, 4) is 11.1 Å². The first-order chi connectivity index (χ1) is 12.6. The van der Waals surface area contributed by atoms with E-state index in [1.54, 1.807) is 11.3 Å². The Bertz CT molecular complexity index is 1100. The molecule has 1 N–H and O–H groups in total. The van der Waals surface area contributed by atoms with E-state index in [-0.39, 0.29) is 5.91 Å². The van der Waals surface area contributed by atoms with Crippen molar-refractivity contribution in [2.24, 2.45) is 0 Å². The van der Waals surface area contributed by atoms with Gasteiger partial charge in [0.25, 0.3) is 5.91 Å². The van der Waals surface area contributed by atoms with Crippen LogP contribution in [0.3, 0.4) is 0 Å². The van der Waals surface area contributed by atoms with E-state index in [1.165, 1.54) is 10.9 Å². The van der Waals surface area contributed by atoms with E-state index in [1.807, 2.05) is 36.4 Å². The number of hydrogen-bond donors (Lipinski definition) is 1. The van der Waals surface area contributed by atoms with Crippen molar-refractivity contribution in [2.45, 2.75) is 6.92 Å². The number of benzene rings is 3. The van der Waals surface area contributed by atoms with Crippen LogP contribution < -0.4 is 5.32 Å².